The molecule has 1 aromatic rings. The highest BCUT2D eigenvalue weighted by molar-refractivity contribution is 5.52. The lowest BCUT2D eigenvalue weighted by atomic mass is 9.86. The molecule has 0 saturated carbocycles. The summed E-state index contributed by atoms with van der Waals surface area (Å²) in [6.45, 7) is 6.51. The van der Waals surface area contributed by atoms with E-state index in [4.69, 9.17) is 5.84 Å². The van der Waals surface area contributed by atoms with E-state index in [1.165, 1.54) is 5.56 Å². The van der Waals surface area contributed by atoms with Gasteiger partial charge in [-0.1, -0.05) is 39.0 Å². The molecule has 1 rings (SSSR count). The Morgan fingerprint density at radius 2 is 1.75 bits per heavy atom. The van der Waals surface area contributed by atoms with E-state index >= 15 is 0 Å². The zero-order valence-corrected chi connectivity index (χ0v) is 7.89. The van der Waals surface area contributed by atoms with E-state index in [1.54, 1.807) is 0 Å². The normalized spacial score (nSPS) is 11.3. The van der Waals surface area contributed by atoms with E-state index in [-0.39, 0.29) is 5.41 Å². The van der Waals surface area contributed by atoms with Crippen LogP contribution in [0.4, 0.5) is 5.69 Å². The van der Waals surface area contributed by atoms with Crippen LogP contribution in [0.1, 0.15) is 26.3 Å². The van der Waals surface area contributed by atoms with Gasteiger partial charge in [0.2, 0.25) is 0 Å². The number of para-hydroxylation sites is 1. The standard InChI is InChI=1S/C10H16N2/c1-10(2,3)8-6-4-5-7-9(8)12-11/h4-7,12H,11H2,1-3H3. The van der Waals surface area contributed by atoms with Crippen LogP contribution in [0.25, 0.3) is 0 Å². The molecule has 2 nitrogen and oxygen atoms in total. The zero-order valence-electron chi connectivity index (χ0n) is 7.89. The summed E-state index contributed by atoms with van der Waals surface area (Å²) in [7, 11) is 0. The van der Waals surface area contributed by atoms with E-state index < -0.39 is 0 Å². The summed E-state index contributed by atoms with van der Waals surface area (Å²) in [6, 6.07) is 8.08. The second kappa shape index (κ2) is 3.15. The lowest BCUT2D eigenvalue weighted by molar-refractivity contribution is 0.592. The highest BCUT2D eigenvalue weighted by atomic mass is 15.2. The maximum absolute atomic E-state index is 5.40. The van der Waals surface area contributed by atoms with Crippen molar-refractivity contribution in [2.45, 2.75) is 26.2 Å². The van der Waals surface area contributed by atoms with Crippen LogP contribution in [0.3, 0.4) is 0 Å². The molecule has 0 aliphatic rings. The van der Waals surface area contributed by atoms with E-state index in [2.05, 4.69) is 32.3 Å². The first-order valence-corrected chi connectivity index (χ1v) is 4.12. The van der Waals surface area contributed by atoms with Crippen molar-refractivity contribution in [3.63, 3.8) is 0 Å². The van der Waals surface area contributed by atoms with Crippen LogP contribution in [-0.4, -0.2) is 0 Å². The molecule has 0 fully saturated rings. The van der Waals surface area contributed by atoms with Crippen molar-refractivity contribution in [2.24, 2.45) is 5.84 Å². The first-order valence-electron chi connectivity index (χ1n) is 4.12. The molecule has 0 spiro atoms. The van der Waals surface area contributed by atoms with E-state index in [0.717, 1.165) is 5.69 Å². The maximum Gasteiger partial charge on any atom is 0.0522 e. The third kappa shape index (κ3) is 1.77. The van der Waals surface area contributed by atoms with Crippen LogP contribution in [0, 0.1) is 0 Å². The molecule has 0 radical (unpaired) electrons. The second-order valence-electron chi connectivity index (χ2n) is 3.94. The van der Waals surface area contributed by atoms with Gasteiger partial charge in [0.25, 0.3) is 0 Å². The number of nitrogen functional groups attached to an aromatic ring is 1. The van der Waals surface area contributed by atoms with Crippen molar-refractivity contribution in [3.05, 3.63) is 29.8 Å². The molecule has 0 heterocycles. The van der Waals surface area contributed by atoms with Crippen molar-refractivity contribution in [3.8, 4) is 0 Å². The third-order valence-corrected chi connectivity index (χ3v) is 1.89. The Bertz CT molecular complexity index is 261. The van der Waals surface area contributed by atoms with Gasteiger partial charge in [-0.2, -0.15) is 0 Å². The van der Waals surface area contributed by atoms with E-state index in [9.17, 15) is 0 Å². The van der Waals surface area contributed by atoms with Gasteiger partial charge in [-0.3, -0.25) is 5.84 Å². The molecular formula is C10H16N2. The van der Waals surface area contributed by atoms with Crippen LogP contribution in [0.5, 0.6) is 0 Å². The number of hydrogen-bond acceptors (Lipinski definition) is 2. The van der Waals surface area contributed by atoms with Gasteiger partial charge in [0.1, 0.15) is 0 Å². The number of rotatable bonds is 1. The Hall–Kier alpha value is -1.02. The van der Waals surface area contributed by atoms with Gasteiger partial charge in [0.05, 0.1) is 5.69 Å². The topological polar surface area (TPSA) is 38.0 Å². The van der Waals surface area contributed by atoms with Crippen LogP contribution >= 0.6 is 0 Å². The SMILES string of the molecule is CC(C)(C)c1ccccc1NN. The van der Waals surface area contributed by atoms with Crippen molar-refractivity contribution in [1.82, 2.24) is 0 Å². The van der Waals surface area contributed by atoms with E-state index in [0.29, 0.717) is 0 Å². The van der Waals surface area contributed by atoms with Gasteiger partial charge in [-0.15, -0.1) is 0 Å². The summed E-state index contributed by atoms with van der Waals surface area (Å²) in [4.78, 5) is 0. The van der Waals surface area contributed by atoms with Gasteiger partial charge < -0.3 is 5.43 Å². The van der Waals surface area contributed by atoms with Crippen LogP contribution < -0.4 is 11.3 Å². The summed E-state index contributed by atoms with van der Waals surface area (Å²) in [5.74, 6) is 5.40. The Balaban J connectivity index is 3.14. The molecule has 0 aliphatic heterocycles. The third-order valence-electron chi connectivity index (χ3n) is 1.89. The summed E-state index contributed by atoms with van der Waals surface area (Å²) in [5, 5.41) is 0. The van der Waals surface area contributed by atoms with Crippen LogP contribution in [-0.2, 0) is 5.41 Å². The van der Waals surface area contributed by atoms with E-state index in [1.807, 2.05) is 18.2 Å². The van der Waals surface area contributed by atoms with Gasteiger partial charge in [-0.25, -0.2) is 0 Å². The fourth-order valence-corrected chi connectivity index (χ4v) is 1.26. The molecule has 0 aromatic heterocycles. The molecule has 3 N–H and O–H groups in total. The van der Waals surface area contributed by atoms with Gasteiger partial charge in [-0.05, 0) is 17.0 Å². The monoisotopic (exact) mass is 164 g/mol. The van der Waals surface area contributed by atoms with Crippen LogP contribution in [0.2, 0.25) is 0 Å². The molecule has 0 bridgehead atoms. The number of nitrogens with one attached hydrogen (secondary N) is 1. The van der Waals surface area contributed by atoms with Crippen molar-refractivity contribution < 1.29 is 0 Å². The molecule has 0 atom stereocenters. The lowest BCUT2D eigenvalue weighted by Gasteiger charge is -2.22. The summed E-state index contributed by atoms with van der Waals surface area (Å²) in [5.41, 5.74) is 5.09. The fourth-order valence-electron chi connectivity index (χ4n) is 1.26. The Labute approximate surface area is 73.8 Å². The maximum atomic E-state index is 5.40. The second-order valence-corrected chi connectivity index (χ2v) is 3.94. The molecule has 0 aliphatic carbocycles. The van der Waals surface area contributed by atoms with Gasteiger partial charge in [0, 0.05) is 0 Å². The van der Waals surface area contributed by atoms with Gasteiger partial charge in [0.15, 0.2) is 0 Å². The smallest absolute Gasteiger partial charge is 0.0522 e. The summed E-state index contributed by atoms with van der Waals surface area (Å²) < 4.78 is 0. The minimum atomic E-state index is 0.142. The Morgan fingerprint density at radius 1 is 1.17 bits per heavy atom. The Morgan fingerprint density at radius 3 is 2.17 bits per heavy atom. The first kappa shape index (κ1) is 9.07. The molecule has 0 saturated heterocycles. The van der Waals surface area contributed by atoms with Crippen LogP contribution in [0.15, 0.2) is 24.3 Å². The quantitative estimate of drug-likeness (QED) is 0.493. The minimum absolute atomic E-state index is 0.142. The number of benzene rings is 1. The number of anilines is 1. The number of hydrogen-bond donors (Lipinski definition) is 2. The van der Waals surface area contributed by atoms with Crippen molar-refractivity contribution in [1.29, 1.82) is 0 Å². The summed E-state index contributed by atoms with van der Waals surface area (Å²) >= 11 is 0. The highest BCUT2D eigenvalue weighted by Crippen LogP contribution is 2.28. The summed E-state index contributed by atoms with van der Waals surface area (Å²) in [6.07, 6.45) is 0. The lowest BCUT2D eigenvalue weighted by Crippen LogP contribution is -2.17. The zero-order chi connectivity index (χ0) is 9.19. The number of nitrogens with two attached hydrogens (primary N) is 1. The predicted molar refractivity (Wildman–Crippen MR) is 53.0 cm³/mol. The van der Waals surface area contributed by atoms with Gasteiger partial charge >= 0.3 is 0 Å². The Kier molecular flexibility index (Phi) is 2.38. The first-order chi connectivity index (χ1) is 5.55. The molecule has 0 amide bonds. The molecule has 0 unspecified atom stereocenters. The average Bonchev–Trinajstić information content (AvgIpc) is 2.03. The highest BCUT2D eigenvalue weighted by Gasteiger charge is 2.16. The average molecular weight is 164 g/mol. The molecular weight excluding hydrogens is 148 g/mol. The fraction of sp³-hybridized carbons (Fsp3) is 0.400. The molecule has 66 valence electrons. The molecule has 12 heavy (non-hydrogen) atoms. The van der Waals surface area contributed by atoms with Crippen molar-refractivity contribution >= 4 is 5.69 Å². The molecule has 1 aromatic carbocycles. The van der Waals surface area contributed by atoms with Crippen molar-refractivity contribution in [2.75, 3.05) is 5.43 Å². The number of hydrazine groups is 1. The minimum Gasteiger partial charge on any atom is -0.324 e. The largest absolute Gasteiger partial charge is 0.324 e. The molecule has 2 heteroatoms. The predicted octanol–water partition coefficient (Wildman–Crippen LogP) is 2.27.